The zero-order valence-corrected chi connectivity index (χ0v) is 9.94. The van der Waals surface area contributed by atoms with E-state index >= 15 is 0 Å². The third-order valence-corrected chi connectivity index (χ3v) is 3.64. The number of anilines is 1. The topological polar surface area (TPSA) is 34.0 Å². The number of aryl methyl sites for hydroxylation is 1. The monoisotopic (exact) mass is 258 g/mol. The lowest BCUT2D eigenvalue weighted by Gasteiger charge is -2.17. The largest absolute Gasteiger partial charge is 0.355 e. The molecule has 0 amide bonds. The summed E-state index contributed by atoms with van der Waals surface area (Å²) in [5, 5.41) is 9.09. The van der Waals surface area contributed by atoms with Crippen LogP contribution in [-0.4, -0.2) is 33.4 Å². The fourth-order valence-corrected chi connectivity index (χ4v) is 2.42. The SMILES string of the molecule is CCn1nncc1N1CCC(CBr)C1. The van der Waals surface area contributed by atoms with Gasteiger partial charge in [0.15, 0.2) is 0 Å². The van der Waals surface area contributed by atoms with Gasteiger partial charge in [0.1, 0.15) is 5.82 Å². The second-order valence-electron chi connectivity index (χ2n) is 3.66. The van der Waals surface area contributed by atoms with Gasteiger partial charge >= 0.3 is 0 Å². The summed E-state index contributed by atoms with van der Waals surface area (Å²) in [5.74, 6) is 1.94. The van der Waals surface area contributed by atoms with Crippen LogP contribution in [0.2, 0.25) is 0 Å². The zero-order valence-electron chi connectivity index (χ0n) is 8.36. The fraction of sp³-hybridized carbons (Fsp3) is 0.778. The van der Waals surface area contributed by atoms with Crippen molar-refractivity contribution in [1.82, 2.24) is 15.0 Å². The van der Waals surface area contributed by atoms with E-state index in [0.717, 1.165) is 36.7 Å². The molecule has 1 unspecified atom stereocenters. The number of hydrogen-bond acceptors (Lipinski definition) is 3. The second-order valence-corrected chi connectivity index (χ2v) is 4.31. The number of hydrogen-bond donors (Lipinski definition) is 0. The molecule has 1 fully saturated rings. The highest BCUT2D eigenvalue weighted by atomic mass is 79.9. The van der Waals surface area contributed by atoms with E-state index in [1.807, 2.05) is 10.9 Å². The molecule has 14 heavy (non-hydrogen) atoms. The van der Waals surface area contributed by atoms with E-state index in [9.17, 15) is 0 Å². The van der Waals surface area contributed by atoms with Crippen LogP contribution < -0.4 is 4.90 Å². The highest BCUT2D eigenvalue weighted by molar-refractivity contribution is 9.09. The fourth-order valence-electron chi connectivity index (χ4n) is 1.89. The smallest absolute Gasteiger partial charge is 0.147 e. The molecule has 78 valence electrons. The lowest BCUT2D eigenvalue weighted by Crippen LogP contribution is -2.23. The molecule has 1 atom stereocenters. The molecule has 0 aromatic carbocycles. The minimum absolute atomic E-state index is 0.773. The van der Waals surface area contributed by atoms with Crippen molar-refractivity contribution in [3.63, 3.8) is 0 Å². The highest BCUT2D eigenvalue weighted by Crippen LogP contribution is 2.23. The van der Waals surface area contributed by atoms with Gasteiger partial charge in [0, 0.05) is 25.0 Å². The first kappa shape index (κ1) is 9.96. The minimum Gasteiger partial charge on any atom is -0.355 e. The van der Waals surface area contributed by atoms with Crippen LogP contribution in [0.25, 0.3) is 0 Å². The van der Waals surface area contributed by atoms with Crippen LogP contribution in [0.3, 0.4) is 0 Å². The molecular formula is C9H15BrN4. The Morgan fingerprint density at radius 3 is 3.14 bits per heavy atom. The number of aromatic nitrogens is 3. The third kappa shape index (κ3) is 1.78. The molecule has 0 bridgehead atoms. The Kier molecular flexibility index (Phi) is 3.05. The van der Waals surface area contributed by atoms with Gasteiger partial charge in [-0.15, -0.1) is 5.10 Å². The zero-order chi connectivity index (χ0) is 9.97. The van der Waals surface area contributed by atoms with Crippen molar-refractivity contribution in [2.45, 2.75) is 19.9 Å². The van der Waals surface area contributed by atoms with Crippen LogP contribution in [0, 0.1) is 5.92 Å². The molecule has 0 saturated carbocycles. The van der Waals surface area contributed by atoms with Crippen molar-refractivity contribution in [2.24, 2.45) is 5.92 Å². The summed E-state index contributed by atoms with van der Waals surface area (Å²) < 4.78 is 1.95. The Labute approximate surface area is 92.4 Å². The van der Waals surface area contributed by atoms with E-state index < -0.39 is 0 Å². The van der Waals surface area contributed by atoms with Crippen LogP contribution in [0.1, 0.15) is 13.3 Å². The Morgan fingerprint density at radius 1 is 1.64 bits per heavy atom. The maximum absolute atomic E-state index is 4.04. The maximum Gasteiger partial charge on any atom is 0.147 e. The van der Waals surface area contributed by atoms with Gasteiger partial charge in [-0.1, -0.05) is 21.1 Å². The van der Waals surface area contributed by atoms with Gasteiger partial charge in [-0.05, 0) is 19.3 Å². The first-order valence-corrected chi connectivity index (χ1v) is 6.16. The van der Waals surface area contributed by atoms with Crippen molar-refractivity contribution in [3.05, 3.63) is 6.20 Å². The van der Waals surface area contributed by atoms with Gasteiger partial charge in [-0.25, -0.2) is 4.68 Å². The molecule has 1 saturated heterocycles. The Balaban J connectivity index is 2.09. The molecule has 0 radical (unpaired) electrons. The van der Waals surface area contributed by atoms with Gasteiger partial charge in [0.2, 0.25) is 0 Å². The predicted octanol–water partition coefficient (Wildman–Crippen LogP) is 1.52. The molecule has 1 aliphatic heterocycles. The molecule has 0 N–H and O–H groups in total. The van der Waals surface area contributed by atoms with Crippen molar-refractivity contribution < 1.29 is 0 Å². The van der Waals surface area contributed by atoms with Crippen molar-refractivity contribution in [3.8, 4) is 0 Å². The van der Waals surface area contributed by atoms with Gasteiger partial charge in [-0.2, -0.15) is 0 Å². The lowest BCUT2D eigenvalue weighted by atomic mass is 10.2. The van der Waals surface area contributed by atoms with Gasteiger partial charge in [0.25, 0.3) is 0 Å². The summed E-state index contributed by atoms with van der Waals surface area (Å²) >= 11 is 3.54. The van der Waals surface area contributed by atoms with E-state index in [1.165, 1.54) is 6.42 Å². The minimum atomic E-state index is 0.773. The normalized spacial score (nSPS) is 21.9. The summed E-state index contributed by atoms with van der Waals surface area (Å²) in [6.07, 6.45) is 3.13. The number of alkyl halides is 1. The molecule has 1 aliphatic rings. The van der Waals surface area contributed by atoms with Gasteiger partial charge < -0.3 is 4.90 Å². The Hall–Kier alpha value is -0.580. The van der Waals surface area contributed by atoms with Crippen LogP contribution in [0.4, 0.5) is 5.82 Å². The molecule has 4 nitrogen and oxygen atoms in total. The quantitative estimate of drug-likeness (QED) is 0.772. The van der Waals surface area contributed by atoms with E-state index in [1.54, 1.807) is 0 Å². The van der Waals surface area contributed by atoms with Crippen LogP contribution >= 0.6 is 15.9 Å². The van der Waals surface area contributed by atoms with Crippen molar-refractivity contribution in [1.29, 1.82) is 0 Å². The first-order chi connectivity index (χ1) is 6.85. The molecule has 1 aromatic heterocycles. The highest BCUT2D eigenvalue weighted by Gasteiger charge is 2.23. The van der Waals surface area contributed by atoms with Crippen LogP contribution in [0.5, 0.6) is 0 Å². The van der Waals surface area contributed by atoms with Crippen LogP contribution in [-0.2, 0) is 6.54 Å². The number of halogens is 1. The molecule has 5 heteroatoms. The van der Waals surface area contributed by atoms with Gasteiger partial charge in [0.05, 0.1) is 6.20 Å². The second kappa shape index (κ2) is 4.29. The number of rotatable bonds is 3. The number of nitrogens with zero attached hydrogens (tertiary/aromatic N) is 4. The third-order valence-electron chi connectivity index (χ3n) is 2.72. The predicted molar refractivity (Wildman–Crippen MR) is 59.8 cm³/mol. The van der Waals surface area contributed by atoms with Crippen LogP contribution in [0.15, 0.2) is 6.20 Å². The summed E-state index contributed by atoms with van der Waals surface area (Å²) in [6, 6.07) is 0. The molecular weight excluding hydrogens is 244 g/mol. The average Bonchev–Trinajstić information content (AvgIpc) is 2.85. The summed E-state index contributed by atoms with van der Waals surface area (Å²) in [7, 11) is 0. The summed E-state index contributed by atoms with van der Waals surface area (Å²) in [5.41, 5.74) is 0. The molecule has 0 spiro atoms. The first-order valence-electron chi connectivity index (χ1n) is 5.04. The average molecular weight is 259 g/mol. The molecule has 0 aliphatic carbocycles. The molecule has 1 aromatic rings. The van der Waals surface area contributed by atoms with E-state index in [2.05, 4.69) is 38.1 Å². The standard InChI is InChI=1S/C9H15BrN4/c1-2-14-9(6-11-12-14)13-4-3-8(5-10)7-13/h6,8H,2-5,7H2,1H3. The van der Waals surface area contributed by atoms with Gasteiger partial charge in [-0.3, -0.25) is 0 Å². The summed E-state index contributed by atoms with van der Waals surface area (Å²) in [6.45, 7) is 5.24. The maximum atomic E-state index is 4.04. The van der Waals surface area contributed by atoms with E-state index in [4.69, 9.17) is 0 Å². The van der Waals surface area contributed by atoms with Crippen molar-refractivity contribution >= 4 is 21.7 Å². The Morgan fingerprint density at radius 2 is 2.50 bits per heavy atom. The van der Waals surface area contributed by atoms with Crippen molar-refractivity contribution in [2.75, 3.05) is 23.3 Å². The van der Waals surface area contributed by atoms with E-state index in [0.29, 0.717) is 0 Å². The van der Waals surface area contributed by atoms with E-state index in [-0.39, 0.29) is 0 Å². The lowest BCUT2D eigenvalue weighted by molar-refractivity contribution is 0.615. The summed E-state index contributed by atoms with van der Waals surface area (Å²) in [4.78, 5) is 2.37. The Bertz CT molecular complexity index is 299. The molecule has 2 heterocycles. The molecule has 2 rings (SSSR count).